The van der Waals surface area contributed by atoms with Gasteiger partial charge in [0.1, 0.15) is 12.5 Å². The summed E-state index contributed by atoms with van der Waals surface area (Å²) in [6, 6.07) is 6.21. The number of nitrogens with two attached hydrogens (primary N) is 2. The summed E-state index contributed by atoms with van der Waals surface area (Å²) >= 11 is 0. The standard InChI is InChI=1S/C21H25F2N7O/c22-7-8-30-18-6-5-13(9-12(18)11-26-30)27-20-14(19(25)31)10-15(23)21(29-20)28-17-4-2-1-3-16(17)24/h5-6,9-11,16-17H,1-4,7-8,24H2,(H2,25,31)(H2,27,28,29)/t16-,17+/m0/s1. The number of alkyl halides is 1. The molecule has 2 atom stereocenters. The van der Waals surface area contributed by atoms with Gasteiger partial charge >= 0.3 is 0 Å². The van der Waals surface area contributed by atoms with Gasteiger partial charge < -0.3 is 22.1 Å². The number of nitrogens with one attached hydrogen (secondary N) is 2. The topological polar surface area (TPSA) is 124 Å². The van der Waals surface area contributed by atoms with Crippen molar-refractivity contribution in [3.8, 4) is 0 Å². The first-order chi connectivity index (χ1) is 15.0. The van der Waals surface area contributed by atoms with Gasteiger partial charge in [0, 0.05) is 23.2 Å². The Labute approximate surface area is 178 Å². The van der Waals surface area contributed by atoms with Crippen LogP contribution in [0, 0.1) is 5.82 Å². The zero-order valence-electron chi connectivity index (χ0n) is 16.9. The van der Waals surface area contributed by atoms with Crippen molar-refractivity contribution in [1.29, 1.82) is 0 Å². The van der Waals surface area contributed by atoms with Crippen molar-refractivity contribution in [1.82, 2.24) is 14.8 Å². The van der Waals surface area contributed by atoms with Gasteiger partial charge in [-0.2, -0.15) is 5.10 Å². The fourth-order valence-corrected chi connectivity index (χ4v) is 3.95. The molecule has 0 radical (unpaired) electrons. The first kappa shape index (κ1) is 21.0. The van der Waals surface area contributed by atoms with Gasteiger partial charge in [0.25, 0.3) is 5.91 Å². The molecule has 3 aromatic rings. The highest BCUT2D eigenvalue weighted by Gasteiger charge is 2.24. The lowest BCUT2D eigenvalue weighted by atomic mass is 9.91. The Hall–Kier alpha value is -3.27. The predicted octanol–water partition coefficient (Wildman–Crippen LogP) is 3.06. The maximum absolute atomic E-state index is 14.7. The third-order valence-electron chi connectivity index (χ3n) is 5.58. The molecule has 0 bridgehead atoms. The lowest BCUT2D eigenvalue weighted by molar-refractivity contribution is 0.100. The van der Waals surface area contributed by atoms with Crippen molar-refractivity contribution in [2.75, 3.05) is 17.3 Å². The highest BCUT2D eigenvalue weighted by atomic mass is 19.1. The molecule has 1 fully saturated rings. The van der Waals surface area contributed by atoms with Gasteiger partial charge in [0.2, 0.25) is 0 Å². The summed E-state index contributed by atoms with van der Waals surface area (Å²) < 4.78 is 28.9. The molecule has 1 aliphatic rings. The number of anilines is 3. The van der Waals surface area contributed by atoms with Gasteiger partial charge in [-0.05, 0) is 37.1 Å². The minimum absolute atomic E-state index is 0.0201. The van der Waals surface area contributed by atoms with E-state index in [1.54, 1.807) is 29.1 Å². The van der Waals surface area contributed by atoms with Crippen LogP contribution in [0.15, 0.2) is 30.5 Å². The van der Waals surface area contributed by atoms with Gasteiger partial charge in [0.05, 0.1) is 23.8 Å². The number of hydrogen-bond acceptors (Lipinski definition) is 6. The molecule has 8 nitrogen and oxygen atoms in total. The molecule has 10 heteroatoms. The number of carbonyl (C=O) groups excluding carboxylic acids is 1. The van der Waals surface area contributed by atoms with Crippen LogP contribution in [0.2, 0.25) is 0 Å². The number of carbonyl (C=O) groups is 1. The second kappa shape index (κ2) is 8.84. The molecule has 1 aliphatic carbocycles. The molecule has 0 saturated heterocycles. The number of benzene rings is 1. The SMILES string of the molecule is NC(=O)c1cc(F)c(N[C@@H]2CCCC[C@@H]2N)nc1Nc1ccc2c(cnn2CCF)c1. The van der Waals surface area contributed by atoms with Gasteiger partial charge in [-0.15, -0.1) is 0 Å². The molecular formula is C21H25F2N7O. The Morgan fingerprint density at radius 3 is 2.77 bits per heavy atom. The lowest BCUT2D eigenvalue weighted by Gasteiger charge is -2.30. The van der Waals surface area contributed by atoms with Gasteiger partial charge in [0.15, 0.2) is 11.6 Å². The van der Waals surface area contributed by atoms with Crippen molar-refractivity contribution >= 4 is 34.1 Å². The maximum Gasteiger partial charge on any atom is 0.252 e. The van der Waals surface area contributed by atoms with E-state index in [0.717, 1.165) is 42.7 Å². The minimum Gasteiger partial charge on any atom is -0.365 e. The molecule has 0 aliphatic heterocycles. The number of primary amides is 1. The number of amides is 1. The van der Waals surface area contributed by atoms with Crippen molar-refractivity contribution in [2.24, 2.45) is 11.5 Å². The van der Waals surface area contributed by atoms with Crippen LogP contribution in [0.4, 0.5) is 26.1 Å². The molecular weight excluding hydrogens is 404 g/mol. The number of hydrogen-bond donors (Lipinski definition) is 4. The number of nitrogens with zero attached hydrogens (tertiary/aromatic N) is 3. The van der Waals surface area contributed by atoms with E-state index in [1.807, 2.05) is 0 Å². The van der Waals surface area contributed by atoms with E-state index in [9.17, 15) is 13.6 Å². The third kappa shape index (κ3) is 4.43. The Kier molecular flexibility index (Phi) is 5.99. The number of rotatable bonds is 7. The minimum atomic E-state index is -0.799. The van der Waals surface area contributed by atoms with Crippen LogP contribution >= 0.6 is 0 Å². The van der Waals surface area contributed by atoms with Gasteiger partial charge in [-0.1, -0.05) is 12.8 Å². The van der Waals surface area contributed by atoms with E-state index >= 15 is 0 Å². The molecule has 31 heavy (non-hydrogen) atoms. The maximum atomic E-state index is 14.7. The molecule has 2 heterocycles. The second-order valence-electron chi connectivity index (χ2n) is 7.73. The predicted molar refractivity (Wildman–Crippen MR) is 116 cm³/mol. The van der Waals surface area contributed by atoms with E-state index in [1.165, 1.54) is 0 Å². The van der Waals surface area contributed by atoms with Crippen LogP contribution < -0.4 is 22.1 Å². The number of halogens is 2. The Morgan fingerprint density at radius 2 is 2.03 bits per heavy atom. The molecule has 1 amide bonds. The van der Waals surface area contributed by atoms with E-state index in [4.69, 9.17) is 11.5 Å². The monoisotopic (exact) mass is 429 g/mol. The Bertz CT molecular complexity index is 1100. The highest BCUT2D eigenvalue weighted by Crippen LogP contribution is 2.28. The van der Waals surface area contributed by atoms with Crippen LogP contribution in [0.3, 0.4) is 0 Å². The van der Waals surface area contributed by atoms with Crippen LogP contribution in [-0.2, 0) is 6.54 Å². The molecule has 164 valence electrons. The molecule has 0 unspecified atom stereocenters. The van der Waals surface area contributed by atoms with E-state index < -0.39 is 18.4 Å². The highest BCUT2D eigenvalue weighted by molar-refractivity contribution is 5.99. The summed E-state index contributed by atoms with van der Waals surface area (Å²) in [4.78, 5) is 16.2. The molecule has 0 spiro atoms. The van der Waals surface area contributed by atoms with Crippen molar-refractivity contribution in [2.45, 2.75) is 44.3 Å². The van der Waals surface area contributed by atoms with Gasteiger partial charge in [-0.25, -0.2) is 13.8 Å². The average molecular weight is 429 g/mol. The van der Waals surface area contributed by atoms with Crippen LogP contribution in [-0.4, -0.2) is 39.4 Å². The summed E-state index contributed by atoms with van der Waals surface area (Å²) in [5, 5.41) is 11.1. The van der Waals surface area contributed by atoms with Gasteiger partial charge in [-0.3, -0.25) is 9.48 Å². The summed E-state index contributed by atoms with van der Waals surface area (Å²) in [7, 11) is 0. The first-order valence-electron chi connectivity index (χ1n) is 10.3. The number of aromatic nitrogens is 3. The third-order valence-corrected chi connectivity index (χ3v) is 5.58. The number of aryl methyl sites for hydroxylation is 1. The largest absolute Gasteiger partial charge is 0.365 e. The summed E-state index contributed by atoms with van der Waals surface area (Å²) in [5.74, 6) is -1.31. The lowest BCUT2D eigenvalue weighted by Crippen LogP contribution is -2.43. The van der Waals surface area contributed by atoms with Crippen LogP contribution in [0.1, 0.15) is 36.0 Å². The van der Waals surface area contributed by atoms with Crippen molar-refractivity contribution in [3.63, 3.8) is 0 Å². The Balaban J connectivity index is 1.64. The number of fused-ring (bicyclic) bond motifs is 1. The average Bonchev–Trinajstić information content (AvgIpc) is 3.14. The van der Waals surface area contributed by atoms with Crippen molar-refractivity contribution < 1.29 is 13.6 Å². The van der Waals surface area contributed by atoms with E-state index in [0.29, 0.717) is 5.69 Å². The fourth-order valence-electron chi connectivity index (χ4n) is 3.95. The first-order valence-corrected chi connectivity index (χ1v) is 10.3. The molecule has 4 rings (SSSR count). The Morgan fingerprint density at radius 1 is 1.23 bits per heavy atom. The van der Waals surface area contributed by atoms with E-state index in [-0.39, 0.29) is 35.8 Å². The summed E-state index contributed by atoms with van der Waals surface area (Å²) in [6.45, 7) is -0.349. The summed E-state index contributed by atoms with van der Waals surface area (Å²) in [6.07, 6.45) is 5.36. The van der Waals surface area contributed by atoms with Crippen LogP contribution in [0.5, 0.6) is 0 Å². The summed E-state index contributed by atoms with van der Waals surface area (Å²) in [5.41, 5.74) is 12.9. The number of pyridine rings is 1. The molecule has 1 saturated carbocycles. The molecule has 1 aromatic carbocycles. The molecule has 6 N–H and O–H groups in total. The molecule has 2 aromatic heterocycles. The zero-order chi connectivity index (χ0) is 22.0. The fraction of sp³-hybridized carbons (Fsp3) is 0.381. The smallest absolute Gasteiger partial charge is 0.252 e. The van der Waals surface area contributed by atoms with Crippen molar-refractivity contribution in [3.05, 3.63) is 41.8 Å². The second-order valence-corrected chi connectivity index (χ2v) is 7.73. The van der Waals surface area contributed by atoms with Crippen LogP contribution in [0.25, 0.3) is 10.9 Å². The zero-order valence-corrected chi connectivity index (χ0v) is 16.9. The normalized spacial score (nSPS) is 18.8. The quantitative estimate of drug-likeness (QED) is 0.458. The van der Waals surface area contributed by atoms with E-state index in [2.05, 4.69) is 20.7 Å².